The maximum absolute atomic E-state index is 13.3. The molecule has 11 heteroatoms. The molecule has 2 aliphatic rings. The number of carbonyl (C=O) groups excluding carboxylic acids is 3. The van der Waals surface area contributed by atoms with Crippen molar-refractivity contribution in [1.29, 1.82) is 0 Å². The Hall–Kier alpha value is -2.66. The largest absolute Gasteiger partial charge is 0.497 e. The fourth-order valence-electron chi connectivity index (χ4n) is 4.48. The van der Waals surface area contributed by atoms with Crippen LogP contribution in [-0.2, 0) is 29.0 Å². The molecule has 2 fully saturated rings. The molecule has 1 spiro atoms. The summed E-state index contributed by atoms with van der Waals surface area (Å²) in [6.45, 7) is 3.57. The van der Waals surface area contributed by atoms with Crippen molar-refractivity contribution in [3.63, 3.8) is 0 Å². The summed E-state index contributed by atoms with van der Waals surface area (Å²) in [7, 11) is -2.32. The van der Waals surface area contributed by atoms with Gasteiger partial charge in [0, 0.05) is 26.2 Å². The summed E-state index contributed by atoms with van der Waals surface area (Å²) in [5.74, 6) is -1.05. The Morgan fingerprint density at radius 1 is 1.11 bits per heavy atom. The molecule has 0 aromatic heterocycles. The van der Waals surface area contributed by atoms with Crippen LogP contribution < -0.4 is 15.4 Å². The predicted octanol–water partition coefficient (Wildman–Crippen LogP) is 0.899. The van der Waals surface area contributed by atoms with Crippen LogP contribution in [0.1, 0.15) is 39.0 Å². The van der Waals surface area contributed by atoms with Gasteiger partial charge < -0.3 is 25.0 Å². The molecule has 1 atom stereocenters. The van der Waals surface area contributed by atoms with Gasteiger partial charge in [0.2, 0.25) is 17.7 Å². The number of carbonyl (C=O) groups is 3. The molecule has 1 aromatic carbocycles. The van der Waals surface area contributed by atoms with Crippen molar-refractivity contribution in [2.24, 2.45) is 5.41 Å². The molecular formula is C24H35N3O7S. The van der Waals surface area contributed by atoms with Gasteiger partial charge in [-0.15, -0.1) is 0 Å². The summed E-state index contributed by atoms with van der Waals surface area (Å²) in [6, 6.07) is 5.24. The molecule has 2 heterocycles. The molecule has 3 amide bonds. The second-order valence-corrected chi connectivity index (χ2v) is 11.1. The summed E-state index contributed by atoms with van der Waals surface area (Å²) >= 11 is 0. The number of hydrogen-bond donors (Lipinski definition) is 2. The zero-order valence-electron chi connectivity index (χ0n) is 20.4. The highest BCUT2D eigenvalue weighted by Gasteiger charge is 2.43. The van der Waals surface area contributed by atoms with Gasteiger partial charge in [-0.05, 0) is 56.9 Å². The van der Waals surface area contributed by atoms with Gasteiger partial charge in [-0.3, -0.25) is 14.4 Å². The van der Waals surface area contributed by atoms with Gasteiger partial charge in [0.15, 0.2) is 9.84 Å². The van der Waals surface area contributed by atoms with Gasteiger partial charge >= 0.3 is 0 Å². The van der Waals surface area contributed by atoms with Gasteiger partial charge in [0.25, 0.3) is 0 Å². The van der Waals surface area contributed by atoms with Crippen LogP contribution in [0.15, 0.2) is 29.2 Å². The van der Waals surface area contributed by atoms with Gasteiger partial charge in [0.05, 0.1) is 24.0 Å². The number of nitrogens with one attached hydrogen (secondary N) is 2. The summed E-state index contributed by atoms with van der Waals surface area (Å²) in [6.07, 6.45) is 3.00. The minimum atomic E-state index is -3.81. The van der Waals surface area contributed by atoms with Gasteiger partial charge in [-0.2, -0.15) is 0 Å². The first kappa shape index (κ1) is 26.9. The third-order valence-electron chi connectivity index (χ3n) is 6.77. The van der Waals surface area contributed by atoms with E-state index in [4.69, 9.17) is 9.47 Å². The second-order valence-electron chi connectivity index (χ2n) is 9.15. The van der Waals surface area contributed by atoms with E-state index in [0.717, 1.165) is 12.8 Å². The number of rotatable bonds is 4. The summed E-state index contributed by atoms with van der Waals surface area (Å²) < 4.78 is 36.1. The first-order valence-electron chi connectivity index (χ1n) is 12.0. The number of piperidine rings is 1. The summed E-state index contributed by atoms with van der Waals surface area (Å²) in [5, 5.41) is 5.59. The lowest BCUT2D eigenvalue weighted by Crippen LogP contribution is -2.54. The Bertz CT molecular complexity index is 1000. The molecule has 0 unspecified atom stereocenters. The number of sulfone groups is 1. The number of ether oxygens (including phenoxy) is 2. The van der Waals surface area contributed by atoms with Crippen molar-refractivity contribution < 1.29 is 32.3 Å². The van der Waals surface area contributed by atoms with Gasteiger partial charge in [-0.1, -0.05) is 6.42 Å². The lowest BCUT2D eigenvalue weighted by Gasteiger charge is -2.41. The fourth-order valence-corrected chi connectivity index (χ4v) is 5.70. The third kappa shape index (κ3) is 6.94. The maximum atomic E-state index is 13.3. The molecule has 2 aliphatic heterocycles. The van der Waals surface area contributed by atoms with Crippen LogP contribution in [0.3, 0.4) is 0 Å². The van der Waals surface area contributed by atoms with Gasteiger partial charge in [-0.25, -0.2) is 8.42 Å². The highest BCUT2D eigenvalue weighted by atomic mass is 32.2. The molecule has 1 aromatic rings. The van der Waals surface area contributed by atoms with Crippen molar-refractivity contribution in [3.8, 4) is 5.75 Å². The zero-order valence-corrected chi connectivity index (χ0v) is 21.2. The summed E-state index contributed by atoms with van der Waals surface area (Å²) in [5.41, 5.74) is -0.714. The summed E-state index contributed by atoms with van der Waals surface area (Å²) in [4.78, 5) is 39.9. The smallest absolute Gasteiger partial charge is 0.242 e. The molecule has 2 saturated heterocycles. The van der Waals surface area contributed by atoms with Crippen LogP contribution in [0.2, 0.25) is 0 Å². The quantitative estimate of drug-likeness (QED) is 0.617. The zero-order chi connectivity index (χ0) is 25.5. The van der Waals surface area contributed by atoms with Crippen molar-refractivity contribution in [1.82, 2.24) is 15.5 Å². The van der Waals surface area contributed by atoms with Gasteiger partial charge in [0.1, 0.15) is 17.5 Å². The number of methoxy groups -OCH3 is 1. The number of benzene rings is 1. The van der Waals surface area contributed by atoms with E-state index in [1.165, 1.54) is 24.1 Å². The highest BCUT2D eigenvalue weighted by Crippen LogP contribution is 2.37. The van der Waals surface area contributed by atoms with E-state index in [-0.39, 0.29) is 29.8 Å². The van der Waals surface area contributed by atoms with Crippen LogP contribution in [0, 0.1) is 5.41 Å². The van der Waals surface area contributed by atoms with E-state index in [1.807, 2.05) is 0 Å². The number of likely N-dealkylation sites (tertiary alicyclic amines) is 1. The standard InChI is InChI=1S/C24H35N3O7S/c1-18-22(29)25-12-16-34-15-4-3-9-24(23(30)26-18)10-13-27(14-11-24)21(28)17-35(31,32)20-7-5-19(33-2)6-8-20/h5-8,18H,3-4,9-17H2,1-2H3,(H,25,29)(H,26,30)/t18-/m0/s1. The topological polar surface area (TPSA) is 131 Å². The fraction of sp³-hybridized carbons (Fsp3) is 0.625. The van der Waals surface area contributed by atoms with E-state index in [9.17, 15) is 22.8 Å². The molecular weight excluding hydrogens is 474 g/mol. The van der Waals surface area contributed by atoms with Crippen LogP contribution >= 0.6 is 0 Å². The maximum Gasteiger partial charge on any atom is 0.242 e. The Morgan fingerprint density at radius 2 is 1.80 bits per heavy atom. The molecule has 0 bridgehead atoms. The molecule has 35 heavy (non-hydrogen) atoms. The van der Waals surface area contributed by atoms with Crippen molar-refractivity contribution in [2.75, 3.05) is 45.7 Å². The lowest BCUT2D eigenvalue weighted by molar-refractivity contribution is -0.141. The van der Waals surface area contributed by atoms with Crippen LogP contribution in [0.5, 0.6) is 5.75 Å². The number of amides is 3. The predicted molar refractivity (Wildman–Crippen MR) is 129 cm³/mol. The van der Waals surface area contributed by atoms with E-state index >= 15 is 0 Å². The van der Waals surface area contributed by atoms with E-state index in [0.29, 0.717) is 44.8 Å². The van der Waals surface area contributed by atoms with Crippen molar-refractivity contribution >= 4 is 27.6 Å². The van der Waals surface area contributed by atoms with Crippen LogP contribution in [-0.4, -0.2) is 82.8 Å². The Morgan fingerprint density at radius 3 is 2.46 bits per heavy atom. The molecule has 3 rings (SSSR count). The van der Waals surface area contributed by atoms with E-state index in [2.05, 4.69) is 10.6 Å². The average molecular weight is 510 g/mol. The number of hydrogen-bond acceptors (Lipinski definition) is 7. The van der Waals surface area contributed by atoms with Crippen molar-refractivity contribution in [3.05, 3.63) is 24.3 Å². The highest BCUT2D eigenvalue weighted by molar-refractivity contribution is 7.92. The number of nitrogens with zero attached hydrogens (tertiary/aromatic N) is 1. The molecule has 0 saturated carbocycles. The molecule has 0 radical (unpaired) electrons. The van der Waals surface area contributed by atoms with E-state index in [1.54, 1.807) is 19.1 Å². The molecule has 0 aliphatic carbocycles. The second kappa shape index (κ2) is 11.9. The molecule has 10 nitrogen and oxygen atoms in total. The van der Waals surface area contributed by atoms with Crippen molar-refractivity contribution in [2.45, 2.75) is 50.0 Å². The SMILES string of the molecule is COc1ccc(S(=O)(=O)CC(=O)N2CCC3(CCCCOCCNC(=O)[C@H](C)NC3=O)CC2)cc1. The van der Waals surface area contributed by atoms with Crippen LogP contribution in [0.4, 0.5) is 0 Å². The first-order valence-corrected chi connectivity index (χ1v) is 13.6. The third-order valence-corrected chi connectivity index (χ3v) is 8.38. The lowest BCUT2D eigenvalue weighted by atomic mass is 9.73. The van der Waals surface area contributed by atoms with E-state index < -0.39 is 33.0 Å². The monoisotopic (exact) mass is 509 g/mol. The van der Waals surface area contributed by atoms with Crippen LogP contribution in [0.25, 0.3) is 0 Å². The Balaban J connectivity index is 1.65. The minimum Gasteiger partial charge on any atom is -0.497 e. The Kier molecular flexibility index (Phi) is 9.12. The average Bonchev–Trinajstić information content (AvgIpc) is 2.85. The normalized spacial score (nSPS) is 22.2. The first-order chi connectivity index (χ1) is 16.7. The minimum absolute atomic E-state index is 0.0595. The Labute approximate surface area is 206 Å². The molecule has 194 valence electrons. The molecule has 2 N–H and O–H groups in total.